The highest BCUT2D eigenvalue weighted by molar-refractivity contribution is 7.91. The zero-order valence-corrected chi connectivity index (χ0v) is 13.5. The number of halogens is 1. The number of thiophene rings is 1. The lowest BCUT2D eigenvalue weighted by Crippen LogP contribution is -2.36. The highest BCUT2D eigenvalue weighted by Crippen LogP contribution is 2.25. The first-order chi connectivity index (χ1) is 9.00. The lowest BCUT2D eigenvalue weighted by molar-refractivity contribution is 0.202. The van der Waals surface area contributed by atoms with Crippen molar-refractivity contribution >= 4 is 32.8 Å². The Bertz CT molecular complexity index is 512. The van der Waals surface area contributed by atoms with E-state index in [4.69, 9.17) is 11.6 Å². The highest BCUT2D eigenvalue weighted by atomic mass is 35.5. The van der Waals surface area contributed by atoms with Gasteiger partial charge in [-0.15, -0.1) is 11.3 Å². The molecule has 1 atom stereocenters. The molecule has 2 rings (SSSR count). The van der Waals surface area contributed by atoms with Gasteiger partial charge in [-0.05, 0) is 25.5 Å². The summed E-state index contributed by atoms with van der Waals surface area (Å²) in [6.07, 6.45) is 3.00. The van der Waals surface area contributed by atoms with E-state index in [0.717, 1.165) is 37.4 Å². The molecule has 0 amide bonds. The fraction of sp³-hybridized carbons (Fsp3) is 0.692. The highest BCUT2D eigenvalue weighted by Gasteiger charge is 2.32. The van der Waals surface area contributed by atoms with Gasteiger partial charge < -0.3 is 0 Å². The molecular weight excluding hydrogens is 302 g/mol. The van der Waals surface area contributed by atoms with E-state index in [-0.39, 0.29) is 6.04 Å². The predicted octanol–water partition coefficient (Wildman–Crippen LogP) is 3.19. The molecule has 0 radical (unpaired) electrons. The molecule has 1 saturated heterocycles. The van der Waals surface area contributed by atoms with Crippen LogP contribution in [0.2, 0.25) is 5.02 Å². The van der Waals surface area contributed by atoms with Crippen LogP contribution in [-0.2, 0) is 16.4 Å². The number of hydrogen-bond acceptors (Lipinski definition) is 4. The van der Waals surface area contributed by atoms with Gasteiger partial charge in [0.1, 0.15) is 0 Å². The quantitative estimate of drug-likeness (QED) is 0.807. The Morgan fingerprint density at radius 3 is 2.84 bits per heavy atom. The summed E-state index contributed by atoms with van der Waals surface area (Å²) in [5.74, 6) is 0.654. The number of hydrogen-bond donors (Lipinski definition) is 0. The third kappa shape index (κ3) is 4.45. The monoisotopic (exact) mass is 321 g/mol. The van der Waals surface area contributed by atoms with Crippen LogP contribution in [-0.4, -0.2) is 37.4 Å². The lowest BCUT2D eigenvalue weighted by atomic mass is 10.2. The Labute approximate surface area is 124 Å². The first-order valence-electron chi connectivity index (χ1n) is 6.67. The fourth-order valence-electron chi connectivity index (χ4n) is 2.45. The molecule has 3 nitrogen and oxygen atoms in total. The van der Waals surface area contributed by atoms with E-state index in [1.54, 1.807) is 11.3 Å². The second-order valence-electron chi connectivity index (χ2n) is 5.11. The minimum atomic E-state index is -2.82. The summed E-state index contributed by atoms with van der Waals surface area (Å²) in [5.41, 5.74) is 0. The summed E-state index contributed by atoms with van der Waals surface area (Å²) >= 11 is 7.60. The Morgan fingerprint density at radius 1 is 1.53 bits per heavy atom. The van der Waals surface area contributed by atoms with Crippen LogP contribution in [0, 0.1) is 0 Å². The summed E-state index contributed by atoms with van der Waals surface area (Å²) in [6, 6.07) is 2.16. The molecule has 0 aliphatic carbocycles. The zero-order chi connectivity index (χ0) is 13.9. The van der Waals surface area contributed by atoms with E-state index in [1.807, 2.05) is 11.4 Å². The van der Waals surface area contributed by atoms with Crippen LogP contribution in [0.5, 0.6) is 0 Å². The van der Waals surface area contributed by atoms with Crippen LogP contribution >= 0.6 is 22.9 Å². The first-order valence-corrected chi connectivity index (χ1v) is 9.75. The summed E-state index contributed by atoms with van der Waals surface area (Å²) < 4.78 is 23.3. The van der Waals surface area contributed by atoms with E-state index in [2.05, 4.69) is 11.8 Å². The molecule has 1 aliphatic heterocycles. The van der Waals surface area contributed by atoms with Crippen molar-refractivity contribution in [2.75, 3.05) is 18.1 Å². The van der Waals surface area contributed by atoms with Gasteiger partial charge in [0.15, 0.2) is 9.84 Å². The standard InChI is InChI=1S/C13H20ClNO2S2/c1-2-3-5-15(8-13-7-11(14)9-18-13)12-4-6-19(16,17)10-12/h7,9,12H,2-6,8,10H2,1H3. The molecule has 0 spiro atoms. The van der Waals surface area contributed by atoms with Crippen LogP contribution < -0.4 is 0 Å². The van der Waals surface area contributed by atoms with Crippen molar-refractivity contribution in [2.45, 2.75) is 38.8 Å². The minimum Gasteiger partial charge on any atom is -0.294 e. The number of unbranched alkanes of at least 4 members (excludes halogenated alkanes) is 1. The fourth-order valence-corrected chi connectivity index (χ4v) is 5.31. The summed E-state index contributed by atoms with van der Waals surface area (Å²) in [4.78, 5) is 3.53. The van der Waals surface area contributed by atoms with Gasteiger partial charge in [-0.25, -0.2) is 8.42 Å². The predicted molar refractivity (Wildman–Crippen MR) is 81.7 cm³/mol. The maximum absolute atomic E-state index is 11.6. The second kappa shape index (κ2) is 6.57. The van der Waals surface area contributed by atoms with Crippen LogP contribution in [0.4, 0.5) is 0 Å². The van der Waals surface area contributed by atoms with Gasteiger partial charge in [0.25, 0.3) is 0 Å². The summed E-state index contributed by atoms with van der Waals surface area (Å²) in [6.45, 7) is 3.94. The molecule has 0 bridgehead atoms. The smallest absolute Gasteiger partial charge is 0.151 e. The van der Waals surface area contributed by atoms with Crippen LogP contribution in [0.3, 0.4) is 0 Å². The van der Waals surface area contributed by atoms with E-state index >= 15 is 0 Å². The molecule has 1 aromatic heterocycles. The molecule has 0 N–H and O–H groups in total. The number of rotatable bonds is 6. The molecule has 1 unspecified atom stereocenters. The van der Waals surface area contributed by atoms with E-state index in [0.29, 0.717) is 11.5 Å². The van der Waals surface area contributed by atoms with Gasteiger partial charge in [-0.2, -0.15) is 0 Å². The third-order valence-electron chi connectivity index (χ3n) is 3.50. The SMILES string of the molecule is CCCCN(Cc1cc(Cl)cs1)C1CCS(=O)(=O)C1. The van der Waals surface area contributed by atoms with Gasteiger partial charge in [-0.3, -0.25) is 4.90 Å². The van der Waals surface area contributed by atoms with Crippen molar-refractivity contribution in [2.24, 2.45) is 0 Å². The van der Waals surface area contributed by atoms with Crippen molar-refractivity contribution in [3.05, 3.63) is 21.3 Å². The molecular formula is C13H20ClNO2S2. The molecule has 0 aromatic carbocycles. The summed E-state index contributed by atoms with van der Waals surface area (Å²) in [7, 11) is -2.82. The Kier molecular flexibility index (Phi) is 5.29. The van der Waals surface area contributed by atoms with E-state index < -0.39 is 9.84 Å². The lowest BCUT2D eigenvalue weighted by Gasteiger charge is -2.27. The molecule has 108 valence electrons. The number of nitrogens with zero attached hydrogens (tertiary/aromatic N) is 1. The van der Waals surface area contributed by atoms with Crippen LogP contribution in [0.1, 0.15) is 31.1 Å². The van der Waals surface area contributed by atoms with Crippen molar-refractivity contribution in [3.63, 3.8) is 0 Å². The van der Waals surface area contributed by atoms with E-state index in [1.165, 1.54) is 4.88 Å². The largest absolute Gasteiger partial charge is 0.294 e. The topological polar surface area (TPSA) is 37.4 Å². The van der Waals surface area contributed by atoms with Gasteiger partial charge in [0.05, 0.1) is 16.5 Å². The number of sulfone groups is 1. The maximum Gasteiger partial charge on any atom is 0.151 e. The van der Waals surface area contributed by atoms with E-state index in [9.17, 15) is 8.42 Å². The normalized spacial score (nSPS) is 22.2. The molecule has 1 fully saturated rings. The van der Waals surface area contributed by atoms with Crippen LogP contribution in [0.15, 0.2) is 11.4 Å². The molecule has 2 heterocycles. The first kappa shape index (κ1) is 15.3. The Hall–Kier alpha value is -0.100. The Morgan fingerprint density at radius 2 is 2.32 bits per heavy atom. The third-order valence-corrected chi connectivity index (χ3v) is 6.52. The molecule has 1 aromatic rings. The average Bonchev–Trinajstić information content (AvgIpc) is 2.90. The van der Waals surface area contributed by atoms with Gasteiger partial charge in [-0.1, -0.05) is 24.9 Å². The van der Waals surface area contributed by atoms with Crippen molar-refractivity contribution in [1.29, 1.82) is 0 Å². The molecule has 6 heteroatoms. The van der Waals surface area contributed by atoms with Crippen molar-refractivity contribution in [1.82, 2.24) is 4.90 Å². The minimum absolute atomic E-state index is 0.178. The zero-order valence-electron chi connectivity index (χ0n) is 11.1. The van der Waals surface area contributed by atoms with Crippen LogP contribution in [0.25, 0.3) is 0 Å². The van der Waals surface area contributed by atoms with Gasteiger partial charge >= 0.3 is 0 Å². The average molecular weight is 322 g/mol. The second-order valence-corrected chi connectivity index (χ2v) is 8.77. The summed E-state index contributed by atoms with van der Waals surface area (Å²) in [5, 5.41) is 2.70. The van der Waals surface area contributed by atoms with Gasteiger partial charge in [0, 0.05) is 22.8 Å². The molecule has 1 aliphatic rings. The van der Waals surface area contributed by atoms with Crippen molar-refractivity contribution in [3.8, 4) is 0 Å². The van der Waals surface area contributed by atoms with Crippen molar-refractivity contribution < 1.29 is 8.42 Å². The molecule has 19 heavy (non-hydrogen) atoms. The van der Waals surface area contributed by atoms with Gasteiger partial charge in [0.2, 0.25) is 0 Å². The Balaban J connectivity index is 2.03. The maximum atomic E-state index is 11.6. The molecule has 0 saturated carbocycles.